The van der Waals surface area contributed by atoms with Crippen molar-refractivity contribution in [3.05, 3.63) is 0 Å². The molecule has 0 radical (unpaired) electrons. The predicted molar refractivity (Wildman–Crippen MR) is 91.3 cm³/mol. The van der Waals surface area contributed by atoms with Crippen LogP contribution in [0.3, 0.4) is 0 Å². The number of quaternary nitrogens is 2. The van der Waals surface area contributed by atoms with Crippen molar-refractivity contribution in [3.63, 3.8) is 0 Å². The molecule has 0 heterocycles. The molecule has 0 aliphatic heterocycles. The second-order valence-corrected chi connectivity index (χ2v) is 8.27. The van der Waals surface area contributed by atoms with Crippen LogP contribution in [0.5, 0.6) is 0 Å². The lowest BCUT2D eigenvalue weighted by atomic mass is 10.2. The lowest BCUT2D eigenvalue weighted by Crippen LogP contribution is -2.56. The van der Waals surface area contributed by atoms with Gasteiger partial charge in [0.2, 0.25) is 0 Å². The van der Waals surface area contributed by atoms with Gasteiger partial charge in [-0.15, -0.1) is 23.2 Å². The number of halogens is 4. The lowest BCUT2D eigenvalue weighted by molar-refractivity contribution is -0.925. The molecule has 2 N–H and O–H groups in total. The standard InChI is InChI=1S/C13H28Cl4N2O2/c1-18(2,8-10(20)6-14)12(16)5-13(17)19(3,4)9-11(21)7-15/h10-13,20-21H,5-9H2,1-4H3/q+2. The van der Waals surface area contributed by atoms with E-state index >= 15 is 0 Å². The first-order valence-electron chi connectivity index (χ1n) is 6.87. The molecular formula is C13H28Cl4N2O2+2. The highest BCUT2D eigenvalue weighted by atomic mass is 35.5. The van der Waals surface area contributed by atoms with Crippen molar-refractivity contribution in [1.82, 2.24) is 0 Å². The van der Waals surface area contributed by atoms with Gasteiger partial charge in [-0.3, -0.25) is 0 Å². The van der Waals surface area contributed by atoms with Crippen LogP contribution in [-0.2, 0) is 0 Å². The van der Waals surface area contributed by atoms with Gasteiger partial charge in [-0.05, 0) is 0 Å². The Labute approximate surface area is 148 Å². The summed E-state index contributed by atoms with van der Waals surface area (Å²) in [5.41, 5.74) is -0.535. The molecule has 0 aromatic heterocycles. The van der Waals surface area contributed by atoms with Gasteiger partial charge < -0.3 is 19.2 Å². The maximum atomic E-state index is 9.70. The molecule has 0 bridgehead atoms. The minimum Gasteiger partial charge on any atom is -0.386 e. The zero-order valence-corrected chi connectivity index (χ0v) is 16.2. The summed E-state index contributed by atoms with van der Waals surface area (Å²) in [6.45, 7) is 0.915. The fourth-order valence-electron chi connectivity index (χ4n) is 2.14. The Bertz CT molecular complexity index is 278. The van der Waals surface area contributed by atoms with Crippen LogP contribution >= 0.6 is 46.4 Å². The van der Waals surface area contributed by atoms with Crippen molar-refractivity contribution in [2.24, 2.45) is 0 Å². The molecule has 4 atom stereocenters. The molecule has 0 spiro atoms. The number of rotatable bonds is 10. The first-order valence-corrected chi connectivity index (χ1v) is 8.82. The van der Waals surface area contributed by atoms with E-state index in [0.717, 1.165) is 0 Å². The minimum atomic E-state index is -0.600. The molecule has 0 saturated carbocycles. The summed E-state index contributed by atoms with van der Waals surface area (Å²) in [5, 5.41) is 19.4. The topological polar surface area (TPSA) is 40.5 Å². The summed E-state index contributed by atoms with van der Waals surface area (Å²) in [6.07, 6.45) is -0.665. The Morgan fingerprint density at radius 3 is 1.29 bits per heavy atom. The molecule has 0 aromatic carbocycles. The number of hydrogen-bond acceptors (Lipinski definition) is 2. The van der Waals surface area contributed by atoms with Gasteiger partial charge >= 0.3 is 0 Å². The number of aliphatic hydroxyl groups excluding tert-OH is 2. The average molecular weight is 386 g/mol. The van der Waals surface area contributed by atoms with Gasteiger partial charge in [-0.25, -0.2) is 0 Å². The molecular weight excluding hydrogens is 358 g/mol. The second-order valence-electron chi connectivity index (χ2n) is 6.64. The fourth-order valence-corrected chi connectivity index (χ4v) is 2.93. The van der Waals surface area contributed by atoms with Crippen LogP contribution in [0.15, 0.2) is 0 Å². The molecule has 0 saturated heterocycles. The third-order valence-corrected chi connectivity index (χ3v) is 5.75. The summed E-state index contributed by atoms with van der Waals surface area (Å²) in [6, 6.07) is 0. The number of alkyl halides is 4. The van der Waals surface area contributed by atoms with E-state index in [1.165, 1.54) is 0 Å². The first-order chi connectivity index (χ1) is 9.46. The quantitative estimate of drug-likeness (QED) is 0.342. The van der Waals surface area contributed by atoms with E-state index in [1.54, 1.807) is 0 Å². The molecule has 8 heteroatoms. The van der Waals surface area contributed by atoms with E-state index in [2.05, 4.69) is 0 Å². The van der Waals surface area contributed by atoms with Crippen LogP contribution in [0, 0.1) is 0 Å². The van der Waals surface area contributed by atoms with Crippen molar-refractivity contribution in [2.75, 3.05) is 53.0 Å². The molecule has 4 unspecified atom stereocenters. The highest BCUT2D eigenvalue weighted by Gasteiger charge is 2.37. The molecule has 0 aliphatic carbocycles. The normalized spacial score (nSPS) is 19.1. The van der Waals surface area contributed by atoms with Crippen LogP contribution in [0.2, 0.25) is 0 Å². The summed E-state index contributed by atoms with van der Waals surface area (Å²) < 4.78 is 0.827. The zero-order chi connectivity index (χ0) is 16.8. The molecule has 0 amide bonds. The smallest absolute Gasteiger partial charge is 0.171 e. The summed E-state index contributed by atoms with van der Waals surface area (Å²) in [4.78, 5) is 0. The Hall–Kier alpha value is 1.000. The van der Waals surface area contributed by atoms with E-state index in [1.807, 2.05) is 28.2 Å². The van der Waals surface area contributed by atoms with Gasteiger partial charge in [-0.1, -0.05) is 23.2 Å². The van der Waals surface area contributed by atoms with Crippen molar-refractivity contribution < 1.29 is 19.2 Å². The molecule has 21 heavy (non-hydrogen) atoms. The molecule has 4 nitrogen and oxygen atoms in total. The second kappa shape index (κ2) is 9.33. The lowest BCUT2D eigenvalue weighted by Gasteiger charge is -2.40. The average Bonchev–Trinajstić information content (AvgIpc) is 2.37. The third kappa shape index (κ3) is 7.89. The van der Waals surface area contributed by atoms with Gasteiger partial charge in [0.25, 0.3) is 0 Å². The molecule has 0 rings (SSSR count). The summed E-state index contributed by atoms with van der Waals surface area (Å²) >= 11 is 24.2. The SMILES string of the molecule is C[N+](C)(CC(O)CCl)C(Cl)CC(Cl)[N+](C)(C)CC(O)CCl. The maximum absolute atomic E-state index is 9.70. The number of hydrogen-bond donors (Lipinski definition) is 2. The zero-order valence-electron chi connectivity index (χ0n) is 13.1. The third-order valence-electron chi connectivity index (χ3n) is 3.62. The predicted octanol–water partition coefficient (Wildman–Crippen LogP) is 1.86. The minimum absolute atomic E-state index is 0.180. The van der Waals surface area contributed by atoms with Crippen molar-refractivity contribution in [3.8, 4) is 0 Å². The molecule has 0 aliphatic rings. The summed E-state index contributed by atoms with van der Waals surface area (Å²) in [5.74, 6) is 0.359. The van der Waals surface area contributed by atoms with Gasteiger partial charge in [0.15, 0.2) is 11.0 Å². The van der Waals surface area contributed by atoms with Gasteiger partial charge in [0.1, 0.15) is 25.3 Å². The molecule has 128 valence electrons. The van der Waals surface area contributed by atoms with E-state index < -0.39 is 12.2 Å². The number of aliphatic hydroxyl groups is 2. The van der Waals surface area contributed by atoms with Crippen LogP contribution < -0.4 is 0 Å². The maximum Gasteiger partial charge on any atom is 0.171 e. The van der Waals surface area contributed by atoms with Crippen LogP contribution in [-0.4, -0.2) is 95.4 Å². The monoisotopic (exact) mass is 384 g/mol. The first kappa shape index (κ1) is 22.0. The largest absolute Gasteiger partial charge is 0.386 e. The van der Waals surface area contributed by atoms with Crippen LogP contribution in [0.25, 0.3) is 0 Å². The highest BCUT2D eigenvalue weighted by molar-refractivity contribution is 6.22. The highest BCUT2D eigenvalue weighted by Crippen LogP contribution is 2.25. The fraction of sp³-hybridized carbons (Fsp3) is 1.00. The Kier molecular flexibility index (Phi) is 9.78. The number of nitrogens with zero attached hydrogens (tertiary/aromatic N) is 2. The van der Waals surface area contributed by atoms with Gasteiger partial charge in [0.05, 0.1) is 46.4 Å². The molecule has 0 fully saturated rings. The van der Waals surface area contributed by atoms with Crippen molar-refractivity contribution in [2.45, 2.75) is 29.6 Å². The molecule has 0 aromatic rings. The van der Waals surface area contributed by atoms with E-state index in [0.29, 0.717) is 28.5 Å². The number of likely N-dealkylation sites (N-methyl/N-ethyl adjacent to an activating group) is 2. The van der Waals surface area contributed by atoms with E-state index in [4.69, 9.17) is 46.4 Å². The Morgan fingerprint density at radius 2 is 1.05 bits per heavy atom. The van der Waals surface area contributed by atoms with Crippen LogP contribution in [0.4, 0.5) is 0 Å². The summed E-state index contributed by atoms with van der Waals surface area (Å²) in [7, 11) is 7.74. The van der Waals surface area contributed by atoms with Crippen molar-refractivity contribution >= 4 is 46.4 Å². The van der Waals surface area contributed by atoms with Gasteiger partial charge in [-0.2, -0.15) is 0 Å². The Balaban J connectivity index is 4.64. The van der Waals surface area contributed by atoms with E-state index in [9.17, 15) is 10.2 Å². The van der Waals surface area contributed by atoms with Crippen LogP contribution in [0.1, 0.15) is 6.42 Å². The van der Waals surface area contributed by atoms with Crippen molar-refractivity contribution in [1.29, 1.82) is 0 Å². The van der Waals surface area contributed by atoms with Gasteiger partial charge in [0, 0.05) is 0 Å². The Morgan fingerprint density at radius 1 is 0.762 bits per heavy atom. The van der Waals surface area contributed by atoms with E-state index in [-0.39, 0.29) is 22.8 Å².